The highest BCUT2D eigenvalue weighted by atomic mass is 15.0. The van der Waals surface area contributed by atoms with Crippen molar-refractivity contribution >= 4 is 0 Å². The molecule has 0 fully saturated rings. The number of H-pyrrole nitrogens is 1. The zero-order valence-electron chi connectivity index (χ0n) is 11.5. The van der Waals surface area contributed by atoms with Crippen molar-refractivity contribution in [3.05, 3.63) is 41.3 Å². The first kappa shape index (κ1) is 12.8. The molecule has 96 valence electrons. The van der Waals surface area contributed by atoms with Crippen molar-refractivity contribution < 1.29 is 0 Å². The molecule has 3 nitrogen and oxygen atoms in total. The quantitative estimate of drug-likeness (QED) is 0.851. The van der Waals surface area contributed by atoms with E-state index in [-0.39, 0.29) is 5.41 Å². The predicted molar refractivity (Wildman–Crippen MR) is 75.4 cm³/mol. The molecule has 0 aliphatic heterocycles. The number of imidazole rings is 1. The second-order valence-corrected chi connectivity index (χ2v) is 5.69. The summed E-state index contributed by atoms with van der Waals surface area (Å²) in [6, 6.07) is 8.60. The van der Waals surface area contributed by atoms with E-state index < -0.39 is 0 Å². The maximum Gasteiger partial charge on any atom is 0.120 e. The molecule has 1 aromatic heterocycles. The Bertz CT molecular complexity index is 530. The monoisotopic (exact) mass is 243 g/mol. The van der Waals surface area contributed by atoms with Crippen LogP contribution in [0, 0.1) is 6.92 Å². The van der Waals surface area contributed by atoms with Crippen molar-refractivity contribution in [1.82, 2.24) is 9.97 Å². The van der Waals surface area contributed by atoms with E-state index in [4.69, 9.17) is 5.73 Å². The normalized spacial score (nSPS) is 11.8. The van der Waals surface area contributed by atoms with Crippen LogP contribution in [0.25, 0.3) is 11.3 Å². The molecule has 0 unspecified atom stereocenters. The summed E-state index contributed by atoms with van der Waals surface area (Å²) in [7, 11) is 0. The molecule has 1 heterocycles. The smallest absolute Gasteiger partial charge is 0.120 e. The summed E-state index contributed by atoms with van der Waals surface area (Å²) >= 11 is 0. The van der Waals surface area contributed by atoms with Crippen LogP contribution in [0.15, 0.2) is 24.3 Å². The molecule has 2 rings (SSSR count). The summed E-state index contributed by atoms with van der Waals surface area (Å²) in [5.41, 5.74) is 10.3. The Morgan fingerprint density at radius 1 is 1.17 bits per heavy atom. The van der Waals surface area contributed by atoms with Gasteiger partial charge >= 0.3 is 0 Å². The van der Waals surface area contributed by atoms with Crippen LogP contribution >= 0.6 is 0 Å². The van der Waals surface area contributed by atoms with Crippen LogP contribution in [0.4, 0.5) is 0 Å². The Morgan fingerprint density at radius 2 is 1.78 bits per heavy atom. The van der Waals surface area contributed by atoms with E-state index in [1.54, 1.807) is 0 Å². The molecule has 0 aliphatic carbocycles. The summed E-state index contributed by atoms with van der Waals surface area (Å²) in [6.45, 7) is 9.12. The first-order valence-corrected chi connectivity index (χ1v) is 6.28. The summed E-state index contributed by atoms with van der Waals surface area (Å²) in [6.07, 6.45) is 0. The van der Waals surface area contributed by atoms with E-state index in [9.17, 15) is 0 Å². The third kappa shape index (κ3) is 2.46. The van der Waals surface area contributed by atoms with Gasteiger partial charge in [-0.15, -0.1) is 0 Å². The summed E-state index contributed by atoms with van der Waals surface area (Å²) in [5.74, 6) is 0.836. The summed E-state index contributed by atoms with van der Waals surface area (Å²) in [5, 5.41) is 0. The van der Waals surface area contributed by atoms with Crippen LogP contribution in [-0.2, 0) is 12.0 Å². The lowest BCUT2D eigenvalue weighted by molar-refractivity contribution is 0.590. The number of nitrogens with zero attached hydrogens (tertiary/aromatic N) is 1. The number of benzene rings is 1. The molecule has 0 spiro atoms. The van der Waals surface area contributed by atoms with Crippen LogP contribution in [0.2, 0.25) is 0 Å². The molecule has 18 heavy (non-hydrogen) atoms. The fourth-order valence-electron chi connectivity index (χ4n) is 2.03. The molecular formula is C15H21N3. The van der Waals surface area contributed by atoms with E-state index in [2.05, 4.69) is 55.0 Å². The first-order chi connectivity index (χ1) is 8.41. The highest BCUT2D eigenvalue weighted by Crippen LogP contribution is 2.26. The molecule has 0 bridgehead atoms. The van der Waals surface area contributed by atoms with Crippen molar-refractivity contribution in [3.8, 4) is 11.3 Å². The molecule has 0 amide bonds. The lowest BCUT2D eigenvalue weighted by Crippen LogP contribution is -2.10. The molecule has 2 aromatic rings. The highest BCUT2D eigenvalue weighted by molar-refractivity contribution is 5.62. The summed E-state index contributed by atoms with van der Waals surface area (Å²) in [4.78, 5) is 7.71. The third-order valence-corrected chi connectivity index (χ3v) is 3.15. The number of hydrogen-bond donors (Lipinski definition) is 2. The second-order valence-electron chi connectivity index (χ2n) is 5.69. The van der Waals surface area contributed by atoms with Gasteiger partial charge in [0, 0.05) is 11.3 Å². The Hall–Kier alpha value is -1.61. The number of aromatic amines is 1. The number of hydrogen-bond acceptors (Lipinski definition) is 2. The zero-order valence-corrected chi connectivity index (χ0v) is 11.5. The van der Waals surface area contributed by atoms with Crippen LogP contribution in [0.3, 0.4) is 0 Å². The zero-order chi connectivity index (χ0) is 13.3. The molecule has 0 atom stereocenters. The van der Waals surface area contributed by atoms with E-state index in [1.807, 2.05) is 6.92 Å². The van der Waals surface area contributed by atoms with Crippen LogP contribution in [0.5, 0.6) is 0 Å². The lowest BCUT2D eigenvalue weighted by atomic mass is 9.86. The van der Waals surface area contributed by atoms with Gasteiger partial charge in [-0.25, -0.2) is 4.98 Å². The second kappa shape index (κ2) is 4.58. The largest absolute Gasteiger partial charge is 0.344 e. The molecule has 0 radical (unpaired) electrons. The van der Waals surface area contributed by atoms with Crippen molar-refractivity contribution in [2.75, 3.05) is 0 Å². The minimum absolute atomic E-state index is 0.182. The van der Waals surface area contributed by atoms with Gasteiger partial charge in [0.1, 0.15) is 5.82 Å². The van der Waals surface area contributed by atoms with E-state index >= 15 is 0 Å². The minimum Gasteiger partial charge on any atom is -0.344 e. The van der Waals surface area contributed by atoms with Gasteiger partial charge in [0.2, 0.25) is 0 Å². The van der Waals surface area contributed by atoms with Gasteiger partial charge in [0.05, 0.1) is 12.2 Å². The van der Waals surface area contributed by atoms with Crippen LogP contribution in [-0.4, -0.2) is 9.97 Å². The van der Waals surface area contributed by atoms with Gasteiger partial charge in [-0.3, -0.25) is 0 Å². The number of aryl methyl sites for hydroxylation is 1. The Kier molecular flexibility index (Phi) is 3.26. The third-order valence-electron chi connectivity index (χ3n) is 3.15. The molecule has 3 heteroatoms. The minimum atomic E-state index is 0.182. The van der Waals surface area contributed by atoms with Gasteiger partial charge in [-0.2, -0.15) is 0 Å². The first-order valence-electron chi connectivity index (χ1n) is 6.28. The van der Waals surface area contributed by atoms with E-state index in [0.29, 0.717) is 6.54 Å². The van der Waals surface area contributed by atoms with Crippen molar-refractivity contribution in [2.45, 2.75) is 39.7 Å². The van der Waals surface area contributed by atoms with Gasteiger partial charge in [-0.1, -0.05) is 45.0 Å². The van der Waals surface area contributed by atoms with Crippen LogP contribution < -0.4 is 5.73 Å². The molecule has 0 saturated heterocycles. The molecule has 3 N–H and O–H groups in total. The van der Waals surface area contributed by atoms with Gasteiger partial charge in [0.25, 0.3) is 0 Å². The van der Waals surface area contributed by atoms with Crippen molar-refractivity contribution in [3.63, 3.8) is 0 Å². The van der Waals surface area contributed by atoms with Crippen molar-refractivity contribution in [1.29, 1.82) is 0 Å². The van der Waals surface area contributed by atoms with Crippen LogP contribution in [0.1, 0.15) is 37.9 Å². The average Bonchev–Trinajstić information content (AvgIpc) is 2.70. The van der Waals surface area contributed by atoms with Gasteiger partial charge in [-0.05, 0) is 17.9 Å². The summed E-state index contributed by atoms with van der Waals surface area (Å²) < 4.78 is 0. The van der Waals surface area contributed by atoms with Gasteiger partial charge < -0.3 is 10.7 Å². The standard InChI is InChI=1S/C15H21N3/c1-10-14(18-13(9-16)17-10)11-5-7-12(8-6-11)15(2,3)4/h5-8H,9,16H2,1-4H3,(H,17,18). The van der Waals surface area contributed by atoms with Gasteiger partial charge in [0.15, 0.2) is 0 Å². The fraction of sp³-hybridized carbons (Fsp3) is 0.400. The SMILES string of the molecule is Cc1[nH]c(CN)nc1-c1ccc(C(C)(C)C)cc1. The highest BCUT2D eigenvalue weighted by Gasteiger charge is 2.14. The Balaban J connectivity index is 2.37. The van der Waals surface area contributed by atoms with Crippen molar-refractivity contribution in [2.24, 2.45) is 5.73 Å². The van der Waals surface area contributed by atoms with E-state index in [0.717, 1.165) is 22.8 Å². The van der Waals surface area contributed by atoms with E-state index in [1.165, 1.54) is 5.56 Å². The predicted octanol–water partition coefficient (Wildman–Crippen LogP) is 3.14. The Labute approximate surface area is 108 Å². The number of aromatic nitrogens is 2. The molecular weight excluding hydrogens is 222 g/mol. The topological polar surface area (TPSA) is 54.7 Å². The molecule has 0 aliphatic rings. The number of nitrogens with two attached hydrogens (primary N) is 1. The maximum absolute atomic E-state index is 5.60. The molecule has 0 saturated carbocycles. The molecule has 1 aromatic carbocycles. The average molecular weight is 243 g/mol. The number of rotatable bonds is 2. The fourth-order valence-corrected chi connectivity index (χ4v) is 2.03. The lowest BCUT2D eigenvalue weighted by Gasteiger charge is -2.19. The number of nitrogens with one attached hydrogen (secondary N) is 1. The Morgan fingerprint density at radius 3 is 2.22 bits per heavy atom. The maximum atomic E-state index is 5.60.